The lowest BCUT2D eigenvalue weighted by Gasteiger charge is -2.12. The number of allylic oxidation sites excluding steroid dienone is 1. The summed E-state index contributed by atoms with van der Waals surface area (Å²) in [4.78, 5) is 15.2. The summed E-state index contributed by atoms with van der Waals surface area (Å²) < 4.78 is 5.43. The highest BCUT2D eigenvalue weighted by Gasteiger charge is 2.34. The average Bonchev–Trinajstić information content (AvgIpc) is 3.42. The molecule has 0 saturated carbocycles. The van der Waals surface area contributed by atoms with Crippen molar-refractivity contribution in [2.75, 3.05) is 0 Å². The molecular formula is C25H19Cl2N3O2S. The van der Waals surface area contributed by atoms with Crippen LogP contribution in [0.4, 0.5) is 0 Å². The van der Waals surface area contributed by atoms with Crippen LogP contribution in [0.15, 0.2) is 92.0 Å². The Bertz CT molecular complexity index is 1270. The van der Waals surface area contributed by atoms with Crippen LogP contribution in [0.2, 0.25) is 10.0 Å². The van der Waals surface area contributed by atoms with E-state index in [1.807, 2.05) is 43.3 Å². The number of nitrogens with zero attached hydrogens (tertiary/aromatic N) is 3. The zero-order valence-corrected chi connectivity index (χ0v) is 19.9. The van der Waals surface area contributed by atoms with E-state index in [1.165, 1.54) is 16.7 Å². The number of halogens is 2. The summed E-state index contributed by atoms with van der Waals surface area (Å²) in [5.74, 6) is 0.431. The fourth-order valence-electron chi connectivity index (χ4n) is 3.07. The zero-order chi connectivity index (χ0) is 23.2. The first-order chi connectivity index (χ1) is 16.0. The minimum Gasteiger partial charge on any atom is -0.467 e. The predicted octanol–water partition coefficient (Wildman–Crippen LogP) is 7.15. The van der Waals surface area contributed by atoms with Crippen LogP contribution >= 0.6 is 35.0 Å². The van der Waals surface area contributed by atoms with E-state index in [9.17, 15) is 4.79 Å². The number of amidine groups is 1. The predicted molar refractivity (Wildman–Crippen MR) is 137 cm³/mol. The third kappa shape index (κ3) is 5.85. The first-order valence-electron chi connectivity index (χ1n) is 10.0. The van der Waals surface area contributed by atoms with Crippen molar-refractivity contribution in [3.05, 3.63) is 104 Å². The second-order valence-electron chi connectivity index (χ2n) is 7.15. The number of benzene rings is 2. The Morgan fingerprint density at radius 1 is 1.09 bits per heavy atom. The van der Waals surface area contributed by atoms with Crippen molar-refractivity contribution in [1.29, 1.82) is 0 Å². The number of carbonyl (C=O) groups excluding carboxylic acids is 1. The van der Waals surface area contributed by atoms with Crippen molar-refractivity contribution >= 4 is 64.4 Å². The number of thioether (sulfide) groups is 1. The van der Waals surface area contributed by atoms with Gasteiger partial charge in [-0.05, 0) is 59.7 Å². The third-order valence-electron chi connectivity index (χ3n) is 4.65. The lowest BCUT2D eigenvalue weighted by molar-refractivity contribution is -0.122. The van der Waals surface area contributed by atoms with Crippen LogP contribution in [-0.4, -0.2) is 22.2 Å². The summed E-state index contributed by atoms with van der Waals surface area (Å²) in [7, 11) is 0. The van der Waals surface area contributed by atoms with E-state index in [-0.39, 0.29) is 12.5 Å². The first-order valence-corrected chi connectivity index (χ1v) is 11.6. The molecule has 1 aliphatic rings. The molecule has 0 atom stereocenters. The van der Waals surface area contributed by atoms with Crippen molar-refractivity contribution in [2.45, 2.75) is 13.5 Å². The lowest BCUT2D eigenvalue weighted by atomic mass is 10.1. The second-order valence-corrected chi connectivity index (χ2v) is 8.94. The number of hydrogen-bond acceptors (Lipinski definition) is 5. The Morgan fingerprint density at radius 2 is 1.91 bits per heavy atom. The Labute approximate surface area is 206 Å². The van der Waals surface area contributed by atoms with Crippen LogP contribution in [0.3, 0.4) is 0 Å². The minimum atomic E-state index is -0.210. The molecule has 0 bridgehead atoms. The van der Waals surface area contributed by atoms with Gasteiger partial charge in [0.05, 0.1) is 34.0 Å². The van der Waals surface area contributed by atoms with Crippen LogP contribution in [0.25, 0.3) is 12.2 Å². The highest BCUT2D eigenvalue weighted by molar-refractivity contribution is 8.18. The molecule has 1 saturated heterocycles. The topological polar surface area (TPSA) is 58.2 Å². The van der Waals surface area contributed by atoms with Crippen molar-refractivity contribution < 1.29 is 9.21 Å². The van der Waals surface area contributed by atoms with Gasteiger partial charge in [-0.1, -0.05) is 71.7 Å². The largest absolute Gasteiger partial charge is 0.467 e. The fraction of sp³-hybridized carbons (Fsp3) is 0.0800. The van der Waals surface area contributed by atoms with Crippen molar-refractivity contribution in [1.82, 2.24) is 4.90 Å². The van der Waals surface area contributed by atoms with E-state index in [1.54, 1.807) is 48.9 Å². The molecule has 3 aromatic rings. The van der Waals surface area contributed by atoms with E-state index in [0.717, 1.165) is 11.1 Å². The van der Waals surface area contributed by atoms with Crippen LogP contribution < -0.4 is 0 Å². The van der Waals surface area contributed by atoms with Gasteiger partial charge in [0.25, 0.3) is 5.91 Å². The van der Waals surface area contributed by atoms with E-state index in [0.29, 0.717) is 31.4 Å². The summed E-state index contributed by atoms with van der Waals surface area (Å²) in [6.07, 6.45) is 6.94. The Kier molecular flexibility index (Phi) is 7.50. The van der Waals surface area contributed by atoms with Gasteiger partial charge in [0.2, 0.25) is 0 Å². The van der Waals surface area contributed by atoms with E-state index in [2.05, 4.69) is 10.2 Å². The SMILES string of the molecule is CC(/C=N/N=C1\S/C(=C\c2cccc(Cl)c2Cl)C(=O)N1Cc1ccco1)=C\c1ccccc1. The van der Waals surface area contributed by atoms with Gasteiger partial charge < -0.3 is 4.42 Å². The molecule has 0 unspecified atom stereocenters. The molecule has 1 fully saturated rings. The van der Waals surface area contributed by atoms with E-state index < -0.39 is 0 Å². The molecule has 0 spiro atoms. The smallest absolute Gasteiger partial charge is 0.267 e. The molecule has 1 aromatic heterocycles. The average molecular weight is 496 g/mol. The highest BCUT2D eigenvalue weighted by atomic mass is 35.5. The van der Waals surface area contributed by atoms with Gasteiger partial charge in [-0.15, -0.1) is 5.10 Å². The van der Waals surface area contributed by atoms with Crippen molar-refractivity contribution in [2.24, 2.45) is 10.2 Å². The zero-order valence-electron chi connectivity index (χ0n) is 17.6. The summed E-state index contributed by atoms with van der Waals surface area (Å²) >= 11 is 13.7. The Balaban J connectivity index is 1.61. The Hall–Kier alpha value is -3.06. The quantitative estimate of drug-likeness (QED) is 0.207. The van der Waals surface area contributed by atoms with Crippen LogP contribution in [0, 0.1) is 0 Å². The van der Waals surface area contributed by atoms with E-state index >= 15 is 0 Å². The number of amides is 1. The summed E-state index contributed by atoms with van der Waals surface area (Å²) in [6, 6.07) is 18.8. The van der Waals surface area contributed by atoms with E-state index in [4.69, 9.17) is 27.6 Å². The highest BCUT2D eigenvalue weighted by Crippen LogP contribution is 2.36. The van der Waals surface area contributed by atoms with Gasteiger partial charge in [-0.3, -0.25) is 9.69 Å². The summed E-state index contributed by atoms with van der Waals surface area (Å²) in [5.41, 5.74) is 2.66. The number of carbonyl (C=O) groups is 1. The number of furan rings is 1. The molecular weight excluding hydrogens is 477 g/mol. The second kappa shape index (κ2) is 10.7. The van der Waals surface area contributed by atoms with Crippen molar-refractivity contribution in [3.8, 4) is 0 Å². The minimum absolute atomic E-state index is 0.210. The molecule has 166 valence electrons. The Morgan fingerprint density at radius 3 is 2.67 bits per heavy atom. The molecule has 0 aliphatic carbocycles. The fourth-order valence-corrected chi connectivity index (χ4v) is 4.36. The van der Waals surface area contributed by atoms with Crippen molar-refractivity contribution in [3.63, 3.8) is 0 Å². The van der Waals surface area contributed by atoms with Gasteiger partial charge >= 0.3 is 0 Å². The standard InChI is InChI=1S/C25H19Cl2N3O2S/c1-17(13-18-7-3-2-4-8-18)15-28-29-25-30(16-20-10-6-12-32-20)24(31)22(33-25)14-19-9-5-11-21(26)23(19)27/h2-15H,16H2,1H3/b17-13+,22-14-,28-15+,29-25-. The molecule has 4 rings (SSSR count). The molecule has 2 aromatic carbocycles. The molecule has 1 amide bonds. The van der Waals surface area contributed by atoms with Gasteiger partial charge in [0.15, 0.2) is 5.17 Å². The maximum atomic E-state index is 13.2. The normalized spacial score (nSPS) is 17.1. The van der Waals surface area contributed by atoms with Gasteiger partial charge in [0, 0.05) is 0 Å². The maximum absolute atomic E-state index is 13.2. The van der Waals surface area contributed by atoms with Gasteiger partial charge in [0.1, 0.15) is 5.76 Å². The first kappa shape index (κ1) is 23.1. The molecule has 33 heavy (non-hydrogen) atoms. The lowest BCUT2D eigenvalue weighted by Crippen LogP contribution is -2.28. The van der Waals surface area contributed by atoms with Crippen LogP contribution in [0.5, 0.6) is 0 Å². The third-order valence-corrected chi connectivity index (χ3v) is 6.48. The monoisotopic (exact) mass is 495 g/mol. The summed E-state index contributed by atoms with van der Waals surface area (Å²) in [5, 5.41) is 9.80. The maximum Gasteiger partial charge on any atom is 0.267 e. The number of rotatable bonds is 6. The van der Waals surface area contributed by atoms with Crippen LogP contribution in [0.1, 0.15) is 23.8 Å². The van der Waals surface area contributed by atoms with Crippen LogP contribution in [-0.2, 0) is 11.3 Å². The molecule has 1 aliphatic heterocycles. The molecule has 5 nitrogen and oxygen atoms in total. The number of hydrogen-bond donors (Lipinski definition) is 0. The van der Waals surface area contributed by atoms with Gasteiger partial charge in [-0.2, -0.15) is 5.10 Å². The van der Waals surface area contributed by atoms with Gasteiger partial charge in [-0.25, -0.2) is 0 Å². The molecule has 0 N–H and O–H groups in total. The summed E-state index contributed by atoms with van der Waals surface area (Å²) in [6.45, 7) is 2.18. The molecule has 2 heterocycles. The molecule has 0 radical (unpaired) electrons. The molecule has 8 heteroatoms.